The van der Waals surface area contributed by atoms with E-state index in [1.54, 1.807) is 0 Å². The van der Waals surface area contributed by atoms with Crippen molar-refractivity contribution in [3.05, 3.63) is 0 Å². The van der Waals surface area contributed by atoms with E-state index in [1.807, 2.05) is 22.0 Å². The molecule has 1 heterocycles. The first-order chi connectivity index (χ1) is 9.33. The summed E-state index contributed by atoms with van der Waals surface area (Å²) in [4.78, 5) is 0. The number of hydrogen-bond acceptors (Lipinski definition) is 4. The largest absolute Gasteiger partial charge is 0.112 e. The predicted octanol–water partition coefficient (Wildman–Crippen LogP) is 7.88. The maximum absolute atomic E-state index is 6.96. The zero-order chi connectivity index (χ0) is 14.5. The summed E-state index contributed by atoms with van der Waals surface area (Å²) in [6, 6.07) is 0. The van der Waals surface area contributed by atoms with E-state index in [1.165, 1.54) is 38.5 Å². The fourth-order valence-corrected chi connectivity index (χ4v) is 54.0. The van der Waals surface area contributed by atoms with E-state index in [4.69, 9.17) is 46.8 Å². The van der Waals surface area contributed by atoms with E-state index in [-0.39, 0.29) is 9.23 Å². The third-order valence-electron chi connectivity index (χ3n) is 4.65. The van der Waals surface area contributed by atoms with Crippen LogP contribution < -0.4 is 0 Å². The fraction of sp³-hybridized carbons (Fsp3) is 1.00. The first-order valence-electron chi connectivity index (χ1n) is 7.33. The Morgan fingerprint density at radius 1 is 0.650 bits per heavy atom. The second kappa shape index (κ2) is 6.14. The molecule has 0 aromatic rings. The lowest BCUT2D eigenvalue weighted by Crippen LogP contribution is -2.28. The Kier molecular flexibility index (Phi) is 5.34. The smallest absolute Gasteiger partial charge is 0.0912 e. The Morgan fingerprint density at radius 2 is 0.950 bits per heavy atom. The van der Waals surface area contributed by atoms with E-state index in [0.29, 0.717) is 0 Å². The van der Waals surface area contributed by atoms with E-state index in [0.717, 1.165) is 25.7 Å². The molecule has 116 valence electrons. The van der Waals surface area contributed by atoms with Crippen LogP contribution in [-0.2, 0) is 23.6 Å². The van der Waals surface area contributed by atoms with Gasteiger partial charge in [0.05, 0.1) is 18.1 Å². The van der Waals surface area contributed by atoms with Crippen LogP contribution in [0.3, 0.4) is 0 Å². The Labute approximate surface area is 150 Å². The van der Waals surface area contributed by atoms with Crippen molar-refractivity contribution in [1.82, 2.24) is 0 Å². The molecule has 0 aromatic carbocycles. The van der Waals surface area contributed by atoms with Crippen LogP contribution in [-0.4, -0.2) is 9.23 Å². The van der Waals surface area contributed by atoms with Gasteiger partial charge in [-0.05, 0) is 25.7 Å². The average molecular weight is 425 g/mol. The lowest BCUT2D eigenvalue weighted by Gasteiger charge is -2.55. The van der Waals surface area contributed by atoms with Crippen LogP contribution in [0, 0.1) is 0 Å². The molecule has 0 bridgehead atoms. The van der Waals surface area contributed by atoms with Crippen molar-refractivity contribution in [3.63, 3.8) is 0 Å². The first-order valence-corrected chi connectivity index (χ1v) is 17.7. The van der Waals surface area contributed by atoms with Crippen LogP contribution in [0.1, 0.15) is 64.2 Å². The van der Waals surface area contributed by atoms with E-state index in [9.17, 15) is 0 Å². The van der Waals surface area contributed by atoms with Crippen LogP contribution >= 0.6 is 54.1 Å². The molecule has 0 atom stereocenters. The van der Waals surface area contributed by atoms with Gasteiger partial charge >= 0.3 is 0 Å². The zero-order valence-electron chi connectivity index (χ0n) is 11.4. The third-order valence-corrected chi connectivity index (χ3v) is 43.5. The minimum absolute atomic E-state index is 0.125. The van der Waals surface area contributed by atoms with Gasteiger partial charge in [0.2, 0.25) is 0 Å². The molecule has 2 saturated carbocycles. The molecule has 8 heteroatoms. The molecule has 0 aromatic heterocycles. The first kappa shape index (κ1) is 17.4. The summed E-state index contributed by atoms with van der Waals surface area (Å²) in [5.74, 6) is 0. The van der Waals surface area contributed by atoms with Crippen LogP contribution in [0.2, 0.25) is 0 Å². The Hall–Kier alpha value is 2.58. The summed E-state index contributed by atoms with van der Waals surface area (Å²) >= 11 is 29.9. The highest BCUT2D eigenvalue weighted by Gasteiger charge is 2.62. The quantitative estimate of drug-likeness (QED) is 0.326. The van der Waals surface area contributed by atoms with E-state index >= 15 is 0 Å². The second-order valence-electron chi connectivity index (χ2n) is 6.12. The average Bonchev–Trinajstić information content (AvgIpc) is 2.38. The van der Waals surface area contributed by atoms with Crippen molar-refractivity contribution in [2.24, 2.45) is 0 Å². The molecule has 0 radical (unpaired) electrons. The Bertz CT molecular complexity index is 428. The summed E-state index contributed by atoms with van der Waals surface area (Å²) in [6.45, 7) is 0. The highest BCUT2D eigenvalue weighted by Crippen LogP contribution is 3.12. The predicted molar refractivity (Wildman–Crippen MR) is 107 cm³/mol. The summed E-state index contributed by atoms with van der Waals surface area (Å²) in [5.41, 5.74) is 0. The van der Waals surface area contributed by atoms with Crippen LogP contribution in [0.5, 0.6) is 0 Å². The molecule has 20 heavy (non-hydrogen) atoms. The van der Waals surface area contributed by atoms with Crippen molar-refractivity contribution in [2.75, 3.05) is 0 Å². The summed E-state index contributed by atoms with van der Waals surface area (Å²) in [5, 5.41) is 0. The fourth-order valence-electron chi connectivity index (χ4n) is 3.32. The number of hydrogen-bond donors (Lipinski definition) is 0. The Balaban J connectivity index is 1.76. The van der Waals surface area contributed by atoms with Crippen LogP contribution in [0.25, 0.3) is 0 Å². The van der Waals surface area contributed by atoms with E-state index < -0.39 is 8.88 Å². The molecule has 3 rings (SSSR count). The molecule has 0 spiro atoms. The lowest BCUT2D eigenvalue weighted by molar-refractivity contribution is 0.481. The molecule has 1 aliphatic heterocycles. The minimum atomic E-state index is -1.62. The monoisotopic (exact) mass is 424 g/mol. The normalized spacial score (nSPS) is 43.7. The van der Waals surface area contributed by atoms with Crippen molar-refractivity contribution < 1.29 is 0 Å². The highest BCUT2D eigenvalue weighted by atomic mass is 35.5. The molecule has 0 amide bonds. The third kappa shape index (κ3) is 2.85. The van der Waals surface area contributed by atoms with Gasteiger partial charge < -0.3 is 0 Å². The molecule has 0 unspecified atom stereocenters. The molecule has 3 fully saturated rings. The molecule has 0 N–H and O–H groups in total. The summed E-state index contributed by atoms with van der Waals surface area (Å²) < 4.78 is -3.49. The molecular formula is C12H20Cl2P2S4. The van der Waals surface area contributed by atoms with E-state index in [2.05, 4.69) is 0 Å². The number of halogens is 2. The standard InChI is InChI=1S/C12H20Cl2P2S4/c13-11(7-3-1-4-8-11)15(17)19-16(18,20-15)12(14)9-5-2-6-10-12/h1-10H2. The van der Waals surface area contributed by atoms with Crippen molar-refractivity contribution in [3.8, 4) is 0 Å². The molecule has 0 nitrogen and oxygen atoms in total. The SMILES string of the molecule is S=P1(C2(Cl)CCCCC2)SP(=S)(C2(Cl)CCCCC2)S1. The highest BCUT2D eigenvalue weighted by molar-refractivity contribution is 9.46. The Morgan fingerprint density at radius 3 is 1.25 bits per heavy atom. The molecular weight excluding hydrogens is 405 g/mol. The van der Waals surface area contributed by atoms with Gasteiger partial charge in [-0.3, -0.25) is 0 Å². The topological polar surface area (TPSA) is 0 Å². The number of rotatable bonds is 2. The van der Waals surface area contributed by atoms with Crippen LogP contribution in [0.15, 0.2) is 0 Å². The van der Waals surface area contributed by atoms with Crippen LogP contribution in [0.4, 0.5) is 0 Å². The molecule has 2 aliphatic carbocycles. The van der Waals surface area contributed by atoms with Crippen molar-refractivity contribution >= 4 is 77.7 Å². The van der Waals surface area contributed by atoms with Gasteiger partial charge in [-0.15, -0.1) is 23.2 Å². The zero-order valence-corrected chi connectivity index (χ0v) is 17.9. The van der Waals surface area contributed by atoms with Gasteiger partial charge in [0.1, 0.15) is 0 Å². The molecule has 1 saturated heterocycles. The minimum Gasteiger partial charge on any atom is -0.112 e. The number of alkyl halides is 2. The summed E-state index contributed by atoms with van der Waals surface area (Å²) in [7, 11) is 0. The van der Waals surface area contributed by atoms with Gasteiger partial charge in [-0.2, -0.15) is 0 Å². The lowest BCUT2D eigenvalue weighted by atomic mass is 10.00. The van der Waals surface area contributed by atoms with Gasteiger partial charge in [-0.25, -0.2) is 0 Å². The van der Waals surface area contributed by atoms with Gasteiger partial charge in [0.25, 0.3) is 0 Å². The molecule has 3 aliphatic rings. The maximum Gasteiger partial charge on any atom is 0.0912 e. The van der Waals surface area contributed by atoms with Crippen molar-refractivity contribution in [2.45, 2.75) is 73.4 Å². The van der Waals surface area contributed by atoms with Gasteiger partial charge in [0, 0.05) is 0 Å². The van der Waals surface area contributed by atoms with Crippen molar-refractivity contribution in [1.29, 1.82) is 0 Å². The maximum atomic E-state index is 6.96. The van der Waals surface area contributed by atoms with Gasteiger partial charge in [-0.1, -0.05) is 84.1 Å². The second-order valence-corrected chi connectivity index (χ2v) is 30.1. The summed E-state index contributed by atoms with van der Waals surface area (Å²) in [6.07, 6.45) is 11.9. The van der Waals surface area contributed by atoms with Gasteiger partial charge in [0.15, 0.2) is 0 Å².